The normalized spacial score (nSPS) is 10.3. The Balaban J connectivity index is 2.59. The van der Waals surface area contributed by atoms with Gasteiger partial charge in [0.25, 0.3) is 0 Å². The highest BCUT2D eigenvalue weighted by atomic mass is 79.9. The van der Waals surface area contributed by atoms with E-state index in [0.717, 1.165) is 0 Å². The number of halogens is 3. The van der Waals surface area contributed by atoms with Gasteiger partial charge in [-0.1, -0.05) is 6.07 Å². The van der Waals surface area contributed by atoms with Gasteiger partial charge in [0, 0.05) is 17.8 Å². The molecule has 0 spiro atoms. The maximum Gasteiger partial charge on any atom is 0.146 e. The lowest BCUT2D eigenvalue weighted by Crippen LogP contribution is -1.89. The molecule has 0 saturated carbocycles. The van der Waals surface area contributed by atoms with Crippen molar-refractivity contribution in [2.45, 2.75) is 0 Å². The topological polar surface area (TPSA) is 12.9 Å². The fraction of sp³-hybridized carbons (Fsp3) is 0. The molecule has 0 amide bonds. The summed E-state index contributed by atoms with van der Waals surface area (Å²) in [5.74, 6) is -0.866. The maximum absolute atomic E-state index is 13.6. The van der Waals surface area contributed by atoms with Crippen molar-refractivity contribution in [1.29, 1.82) is 0 Å². The molecule has 1 aromatic heterocycles. The van der Waals surface area contributed by atoms with E-state index >= 15 is 0 Å². The van der Waals surface area contributed by atoms with Crippen molar-refractivity contribution in [2.75, 3.05) is 0 Å². The summed E-state index contributed by atoms with van der Waals surface area (Å²) < 4.78 is 26.9. The number of nitrogens with zero attached hydrogens (tertiary/aromatic N) is 1. The maximum atomic E-state index is 13.6. The predicted octanol–water partition coefficient (Wildman–Crippen LogP) is 3.79. The molecule has 1 aromatic carbocycles. The smallest absolute Gasteiger partial charge is 0.146 e. The monoisotopic (exact) mass is 269 g/mol. The van der Waals surface area contributed by atoms with Gasteiger partial charge in [-0.25, -0.2) is 8.78 Å². The first kappa shape index (κ1) is 10.2. The molecular formula is C11H6BrF2N. The molecule has 4 heteroatoms. The predicted molar refractivity (Wildman–Crippen MR) is 57.3 cm³/mol. The summed E-state index contributed by atoms with van der Waals surface area (Å²) in [7, 11) is 0. The molecule has 2 aromatic rings. The van der Waals surface area contributed by atoms with Crippen molar-refractivity contribution < 1.29 is 8.78 Å². The zero-order valence-electron chi connectivity index (χ0n) is 7.55. The summed E-state index contributed by atoms with van der Waals surface area (Å²) in [6, 6.07) is 7.24. The Labute approximate surface area is 93.9 Å². The van der Waals surface area contributed by atoms with Gasteiger partial charge in [-0.05, 0) is 34.1 Å². The van der Waals surface area contributed by atoms with Crippen LogP contribution in [-0.4, -0.2) is 4.98 Å². The minimum absolute atomic E-state index is 0.281. The zero-order chi connectivity index (χ0) is 10.8. The first-order valence-corrected chi connectivity index (χ1v) is 5.04. The number of hydrogen-bond acceptors (Lipinski definition) is 1. The Kier molecular flexibility index (Phi) is 2.77. The highest BCUT2D eigenvalue weighted by Gasteiger charge is 2.09. The molecule has 0 bridgehead atoms. The van der Waals surface area contributed by atoms with Crippen molar-refractivity contribution in [2.24, 2.45) is 0 Å². The van der Waals surface area contributed by atoms with Gasteiger partial charge in [-0.15, -0.1) is 0 Å². The molecule has 0 atom stereocenters. The number of pyridine rings is 1. The summed E-state index contributed by atoms with van der Waals surface area (Å²) in [5, 5.41) is 0. The second kappa shape index (κ2) is 4.06. The summed E-state index contributed by atoms with van der Waals surface area (Å²) >= 11 is 3.07. The van der Waals surface area contributed by atoms with Gasteiger partial charge in [0.15, 0.2) is 0 Å². The minimum atomic E-state index is -0.435. The van der Waals surface area contributed by atoms with Crippen LogP contribution < -0.4 is 0 Å². The van der Waals surface area contributed by atoms with Crippen molar-refractivity contribution in [3.05, 3.63) is 52.6 Å². The highest BCUT2D eigenvalue weighted by molar-refractivity contribution is 9.10. The lowest BCUT2D eigenvalue weighted by molar-refractivity contribution is 0.619. The molecule has 0 aliphatic carbocycles. The average Bonchev–Trinajstić information content (AvgIpc) is 2.22. The van der Waals surface area contributed by atoms with Gasteiger partial charge in [-0.3, -0.25) is 4.98 Å². The van der Waals surface area contributed by atoms with Crippen LogP contribution in [0, 0.1) is 11.6 Å². The van der Waals surface area contributed by atoms with E-state index in [1.807, 2.05) is 0 Å². The Hall–Kier alpha value is -1.29. The van der Waals surface area contributed by atoms with Crippen LogP contribution in [0.2, 0.25) is 0 Å². The lowest BCUT2D eigenvalue weighted by atomic mass is 10.1. The second-order valence-electron chi connectivity index (χ2n) is 2.96. The van der Waals surface area contributed by atoms with Crippen LogP contribution in [0.4, 0.5) is 8.78 Å². The van der Waals surface area contributed by atoms with E-state index in [1.165, 1.54) is 18.3 Å². The van der Waals surface area contributed by atoms with Crippen molar-refractivity contribution in [1.82, 2.24) is 4.98 Å². The van der Waals surface area contributed by atoms with E-state index in [4.69, 9.17) is 0 Å². The van der Waals surface area contributed by atoms with Gasteiger partial charge in [-0.2, -0.15) is 0 Å². The third kappa shape index (κ3) is 2.04. The fourth-order valence-electron chi connectivity index (χ4n) is 1.25. The molecule has 0 N–H and O–H groups in total. The van der Waals surface area contributed by atoms with Crippen molar-refractivity contribution >= 4 is 15.9 Å². The standard InChI is InChI=1S/C11H6BrF2N/c12-9-3-1-2-8(11(9)14)10-6-7(13)4-5-15-10/h1-6H. The number of rotatable bonds is 1. The molecule has 0 aliphatic rings. The number of hydrogen-bond donors (Lipinski definition) is 0. The Morgan fingerprint density at radius 3 is 2.67 bits per heavy atom. The van der Waals surface area contributed by atoms with Crippen LogP contribution in [0.1, 0.15) is 0 Å². The fourth-order valence-corrected chi connectivity index (χ4v) is 1.62. The van der Waals surface area contributed by atoms with E-state index in [2.05, 4.69) is 20.9 Å². The van der Waals surface area contributed by atoms with Gasteiger partial charge < -0.3 is 0 Å². The summed E-state index contributed by atoms with van der Waals surface area (Å²) in [6.45, 7) is 0. The second-order valence-corrected chi connectivity index (χ2v) is 3.82. The summed E-state index contributed by atoms with van der Waals surface area (Å²) in [6.07, 6.45) is 1.31. The zero-order valence-corrected chi connectivity index (χ0v) is 9.13. The van der Waals surface area contributed by atoms with E-state index in [1.54, 1.807) is 18.2 Å². The third-order valence-corrected chi connectivity index (χ3v) is 2.56. The van der Waals surface area contributed by atoms with Crippen LogP contribution in [0.5, 0.6) is 0 Å². The molecule has 76 valence electrons. The highest BCUT2D eigenvalue weighted by Crippen LogP contribution is 2.26. The van der Waals surface area contributed by atoms with E-state index in [0.29, 0.717) is 4.47 Å². The van der Waals surface area contributed by atoms with Gasteiger partial charge in [0.2, 0.25) is 0 Å². The first-order chi connectivity index (χ1) is 7.18. The molecule has 1 nitrogen and oxygen atoms in total. The van der Waals surface area contributed by atoms with Crippen LogP contribution in [0.3, 0.4) is 0 Å². The van der Waals surface area contributed by atoms with Gasteiger partial charge in [0.1, 0.15) is 11.6 Å². The van der Waals surface area contributed by atoms with E-state index in [9.17, 15) is 8.78 Å². The molecular weight excluding hydrogens is 264 g/mol. The van der Waals surface area contributed by atoms with Crippen LogP contribution >= 0.6 is 15.9 Å². The molecule has 0 aliphatic heterocycles. The van der Waals surface area contributed by atoms with Crippen molar-refractivity contribution in [3.8, 4) is 11.3 Å². The number of benzene rings is 1. The Morgan fingerprint density at radius 1 is 1.13 bits per heavy atom. The molecule has 1 heterocycles. The van der Waals surface area contributed by atoms with E-state index < -0.39 is 11.6 Å². The Morgan fingerprint density at radius 2 is 1.93 bits per heavy atom. The van der Waals surface area contributed by atoms with Gasteiger partial charge >= 0.3 is 0 Å². The van der Waals surface area contributed by atoms with Crippen molar-refractivity contribution in [3.63, 3.8) is 0 Å². The molecule has 2 rings (SSSR count). The van der Waals surface area contributed by atoms with Crippen LogP contribution in [0.15, 0.2) is 41.0 Å². The van der Waals surface area contributed by atoms with Gasteiger partial charge in [0.05, 0.1) is 10.2 Å². The van der Waals surface area contributed by atoms with E-state index in [-0.39, 0.29) is 11.3 Å². The lowest BCUT2D eigenvalue weighted by Gasteiger charge is -2.03. The summed E-state index contributed by atoms with van der Waals surface area (Å²) in [4.78, 5) is 3.91. The third-order valence-electron chi connectivity index (χ3n) is 1.95. The number of aromatic nitrogens is 1. The minimum Gasteiger partial charge on any atom is -0.256 e. The van der Waals surface area contributed by atoms with Crippen LogP contribution in [-0.2, 0) is 0 Å². The molecule has 15 heavy (non-hydrogen) atoms. The van der Waals surface area contributed by atoms with Crippen LogP contribution in [0.25, 0.3) is 11.3 Å². The Bertz CT molecular complexity index is 500. The quantitative estimate of drug-likeness (QED) is 0.768. The molecule has 0 saturated heterocycles. The average molecular weight is 270 g/mol. The molecule has 0 unspecified atom stereocenters. The molecule has 0 fully saturated rings. The SMILES string of the molecule is Fc1ccnc(-c2cccc(Br)c2F)c1. The molecule has 0 radical (unpaired) electrons. The largest absolute Gasteiger partial charge is 0.256 e. The first-order valence-electron chi connectivity index (χ1n) is 4.24. The summed E-state index contributed by atoms with van der Waals surface area (Å²) in [5.41, 5.74) is 0.567.